The SMILES string of the molecule is COC(=O)c1cc2ccc(O[C@H]3O[C@H](CO)[C@@H](O)[C@H](O)[C@@H]3O)cc2s1. The molecule has 5 atom stereocenters. The molecule has 0 unspecified atom stereocenters. The third kappa shape index (κ3) is 3.47. The first-order chi connectivity index (χ1) is 11.9. The number of hydrogen-bond donors (Lipinski definition) is 4. The van der Waals surface area contributed by atoms with Crippen LogP contribution in [0.15, 0.2) is 24.3 Å². The molecule has 1 aliphatic heterocycles. The highest BCUT2D eigenvalue weighted by Gasteiger charge is 2.44. The molecule has 1 aromatic carbocycles. The molecule has 136 valence electrons. The maximum absolute atomic E-state index is 11.6. The molecule has 1 fully saturated rings. The molecule has 1 saturated heterocycles. The van der Waals surface area contributed by atoms with E-state index in [1.165, 1.54) is 18.4 Å². The van der Waals surface area contributed by atoms with Gasteiger partial charge in [-0.15, -0.1) is 11.3 Å². The van der Waals surface area contributed by atoms with E-state index in [1.807, 2.05) is 0 Å². The number of benzene rings is 1. The van der Waals surface area contributed by atoms with Crippen molar-refractivity contribution in [2.45, 2.75) is 30.7 Å². The van der Waals surface area contributed by atoms with Gasteiger partial charge in [0.25, 0.3) is 0 Å². The van der Waals surface area contributed by atoms with E-state index in [1.54, 1.807) is 24.3 Å². The fourth-order valence-electron chi connectivity index (χ4n) is 2.58. The first-order valence-corrected chi connectivity index (χ1v) is 8.35. The normalized spacial score (nSPS) is 29.6. The highest BCUT2D eigenvalue weighted by atomic mass is 32.1. The average Bonchev–Trinajstić information content (AvgIpc) is 3.04. The van der Waals surface area contributed by atoms with E-state index >= 15 is 0 Å². The van der Waals surface area contributed by atoms with E-state index in [4.69, 9.17) is 9.47 Å². The summed E-state index contributed by atoms with van der Waals surface area (Å²) in [7, 11) is 1.31. The number of methoxy groups -OCH3 is 1. The Morgan fingerprint density at radius 2 is 1.96 bits per heavy atom. The number of esters is 1. The molecule has 0 bridgehead atoms. The summed E-state index contributed by atoms with van der Waals surface area (Å²) >= 11 is 1.23. The molecule has 2 aromatic rings. The molecule has 25 heavy (non-hydrogen) atoms. The van der Waals surface area contributed by atoms with Crippen molar-refractivity contribution in [1.29, 1.82) is 0 Å². The molecule has 0 saturated carbocycles. The minimum atomic E-state index is -1.51. The number of carbonyl (C=O) groups is 1. The first kappa shape index (κ1) is 18.1. The number of aliphatic hydroxyl groups is 4. The number of ether oxygens (including phenoxy) is 3. The van der Waals surface area contributed by atoms with Crippen molar-refractivity contribution < 1.29 is 39.4 Å². The lowest BCUT2D eigenvalue weighted by atomic mass is 9.99. The zero-order chi connectivity index (χ0) is 18.1. The molecule has 0 radical (unpaired) electrons. The van der Waals surface area contributed by atoms with Crippen LogP contribution >= 0.6 is 11.3 Å². The van der Waals surface area contributed by atoms with Crippen LogP contribution in [0.4, 0.5) is 0 Å². The molecule has 0 aliphatic carbocycles. The van der Waals surface area contributed by atoms with Gasteiger partial charge in [0.05, 0.1) is 13.7 Å². The Morgan fingerprint density at radius 3 is 2.64 bits per heavy atom. The Balaban J connectivity index is 1.81. The molecular weight excluding hydrogens is 352 g/mol. The van der Waals surface area contributed by atoms with Gasteiger partial charge in [0.2, 0.25) is 6.29 Å². The minimum Gasteiger partial charge on any atom is -0.465 e. The molecule has 3 rings (SSSR count). The molecular formula is C16H18O8S. The van der Waals surface area contributed by atoms with E-state index in [0.29, 0.717) is 10.6 Å². The number of carbonyl (C=O) groups excluding carboxylic acids is 1. The predicted molar refractivity (Wildman–Crippen MR) is 87.6 cm³/mol. The minimum absolute atomic E-state index is 0.343. The molecule has 4 N–H and O–H groups in total. The van der Waals surface area contributed by atoms with Gasteiger partial charge in [-0.05, 0) is 29.7 Å². The lowest BCUT2D eigenvalue weighted by Crippen LogP contribution is -2.60. The van der Waals surface area contributed by atoms with Gasteiger partial charge in [-0.25, -0.2) is 4.79 Å². The summed E-state index contributed by atoms with van der Waals surface area (Å²) in [6, 6.07) is 6.71. The number of fused-ring (bicyclic) bond motifs is 1. The quantitative estimate of drug-likeness (QED) is 0.548. The van der Waals surface area contributed by atoms with Crippen molar-refractivity contribution in [3.8, 4) is 5.75 Å². The van der Waals surface area contributed by atoms with Crippen molar-refractivity contribution in [2.24, 2.45) is 0 Å². The van der Waals surface area contributed by atoms with Crippen LogP contribution in [0.5, 0.6) is 5.75 Å². The van der Waals surface area contributed by atoms with Crippen LogP contribution in [-0.2, 0) is 9.47 Å². The Hall–Kier alpha value is -1.75. The zero-order valence-corrected chi connectivity index (χ0v) is 14.0. The molecule has 0 spiro atoms. The van der Waals surface area contributed by atoms with Gasteiger partial charge in [0, 0.05) is 4.70 Å². The lowest BCUT2D eigenvalue weighted by Gasteiger charge is -2.39. The van der Waals surface area contributed by atoms with E-state index in [0.717, 1.165) is 10.1 Å². The molecule has 2 heterocycles. The summed E-state index contributed by atoms with van der Waals surface area (Å²) in [6.07, 6.45) is -6.73. The van der Waals surface area contributed by atoms with Crippen LogP contribution < -0.4 is 4.74 Å². The van der Waals surface area contributed by atoms with E-state index in [2.05, 4.69) is 4.74 Å². The number of rotatable bonds is 4. The largest absolute Gasteiger partial charge is 0.465 e. The number of aliphatic hydroxyl groups excluding tert-OH is 4. The van der Waals surface area contributed by atoms with E-state index < -0.39 is 43.3 Å². The van der Waals surface area contributed by atoms with Crippen LogP contribution in [0.2, 0.25) is 0 Å². The first-order valence-electron chi connectivity index (χ1n) is 7.53. The number of thiophene rings is 1. The second kappa shape index (κ2) is 7.24. The second-order valence-corrected chi connectivity index (χ2v) is 6.70. The number of hydrogen-bond acceptors (Lipinski definition) is 9. The van der Waals surface area contributed by atoms with Crippen LogP contribution in [0.1, 0.15) is 9.67 Å². The molecule has 1 aliphatic rings. The van der Waals surface area contributed by atoms with Crippen molar-refractivity contribution in [3.05, 3.63) is 29.1 Å². The summed E-state index contributed by atoms with van der Waals surface area (Å²) in [5, 5.41) is 39.6. The van der Waals surface area contributed by atoms with Gasteiger partial charge in [-0.3, -0.25) is 0 Å². The van der Waals surface area contributed by atoms with Gasteiger partial charge >= 0.3 is 5.97 Å². The van der Waals surface area contributed by atoms with Crippen LogP contribution in [0.25, 0.3) is 10.1 Å². The maximum atomic E-state index is 11.6. The van der Waals surface area contributed by atoms with Gasteiger partial charge in [0.1, 0.15) is 35.0 Å². The third-order valence-corrected chi connectivity index (χ3v) is 5.06. The Bertz CT molecular complexity index is 758. The van der Waals surface area contributed by atoms with Gasteiger partial charge in [-0.2, -0.15) is 0 Å². The zero-order valence-electron chi connectivity index (χ0n) is 13.2. The maximum Gasteiger partial charge on any atom is 0.348 e. The Kier molecular flexibility index (Phi) is 5.23. The summed E-state index contributed by atoms with van der Waals surface area (Å²) in [4.78, 5) is 12.0. The monoisotopic (exact) mass is 370 g/mol. The standard InChI is InChI=1S/C16H18O8S/c1-22-15(21)11-4-7-2-3-8(5-10(7)25-11)23-16-14(20)13(19)12(18)9(6-17)24-16/h2-5,9,12-14,16-20H,6H2,1H3/t9-,12-,13+,14+,16+/m1/s1. The molecule has 8 nitrogen and oxygen atoms in total. The summed E-state index contributed by atoms with van der Waals surface area (Å²) in [5.74, 6) is -0.0901. The smallest absolute Gasteiger partial charge is 0.348 e. The average molecular weight is 370 g/mol. The van der Waals surface area contributed by atoms with Crippen LogP contribution in [-0.4, -0.2) is 70.8 Å². The van der Waals surface area contributed by atoms with E-state index in [-0.39, 0.29) is 0 Å². The summed E-state index contributed by atoms with van der Waals surface area (Å²) in [6.45, 7) is -0.531. The molecule has 0 amide bonds. The second-order valence-electron chi connectivity index (χ2n) is 5.62. The molecule has 1 aromatic heterocycles. The van der Waals surface area contributed by atoms with E-state index in [9.17, 15) is 25.2 Å². The Morgan fingerprint density at radius 1 is 1.20 bits per heavy atom. The highest BCUT2D eigenvalue weighted by molar-refractivity contribution is 7.20. The topological polar surface area (TPSA) is 126 Å². The van der Waals surface area contributed by atoms with Crippen LogP contribution in [0, 0.1) is 0 Å². The Labute approximate surface area is 146 Å². The van der Waals surface area contributed by atoms with Crippen molar-refractivity contribution in [2.75, 3.05) is 13.7 Å². The fourth-order valence-corrected chi connectivity index (χ4v) is 3.59. The predicted octanol–water partition coefficient (Wildman–Crippen LogP) is -0.133. The molecule has 9 heteroatoms. The highest BCUT2D eigenvalue weighted by Crippen LogP contribution is 2.31. The van der Waals surface area contributed by atoms with Crippen molar-refractivity contribution in [3.63, 3.8) is 0 Å². The van der Waals surface area contributed by atoms with Crippen molar-refractivity contribution in [1.82, 2.24) is 0 Å². The van der Waals surface area contributed by atoms with Gasteiger partial charge in [-0.1, -0.05) is 0 Å². The fraction of sp³-hybridized carbons (Fsp3) is 0.438. The van der Waals surface area contributed by atoms with Crippen LogP contribution in [0.3, 0.4) is 0 Å². The van der Waals surface area contributed by atoms with Crippen molar-refractivity contribution >= 4 is 27.4 Å². The van der Waals surface area contributed by atoms with Gasteiger partial charge < -0.3 is 34.6 Å². The lowest BCUT2D eigenvalue weighted by molar-refractivity contribution is -0.277. The summed E-state index contributed by atoms with van der Waals surface area (Å²) < 4.78 is 16.3. The summed E-state index contributed by atoms with van der Waals surface area (Å²) in [5.41, 5.74) is 0. The van der Waals surface area contributed by atoms with Gasteiger partial charge in [0.15, 0.2) is 0 Å². The third-order valence-electron chi connectivity index (χ3n) is 3.98.